The summed E-state index contributed by atoms with van der Waals surface area (Å²) in [6.45, 7) is 4.42. The number of aromatic amines is 2. The second kappa shape index (κ2) is 4.48. The topological polar surface area (TPSA) is 97.2 Å². The summed E-state index contributed by atoms with van der Waals surface area (Å²) < 4.78 is 3.90. The molecule has 0 saturated carbocycles. The number of hydrogen-bond donors (Lipinski definition) is 2. The van der Waals surface area contributed by atoms with Crippen LogP contribution in [-0.2, 0) is 13.6 Å². The predicted molar refractivity (Wildman–Crippen MR) is 72.2 cm³/mol. The van der Waals surface area contributed by atoms with Crippen molar-refractivity contribution in [2.45, 2.75) is 20.4 Å². The second-order valence-electron chi connectivity index (χ2n) is 4.67. The number of aryl methyl sites for hydroxylation is 1. The maximum absolute atomic E-state index is 11.1. The zero-order valence-electron chi connectivity index (χ0n) is 11.5. The third kappa shape index (κ3) is 1.94. The molecule has 0 amide bonds. The Labute approximate surface area is 114 Å². The smallest absolute Gasteiger partial charge is 0.329 e. The second-order valence-corrected chi connectivity index (χ2v) is 4.67. The van der Waals surface area contributed by atoms with Gasteiger partial charge in [0.2, 0.25) is 0 Å². The van der Waals surface area contributed by atoms with E-state index >= 15 is 0 Å². The van der Waals surface area contributed by atoms with Crippen LogP contribution in [0.3, 0.4) is 0 Å². The molecule has 3 aromatic rings. The molecule has 0 aliphatic carbocycles. The van der Waals surface area contributed by atoms with Gasteiger partial charge in [-0.2, -0.15) is 5.10 Å². The van der Waals surface area contributed by atoms with E-state index in [-0.39, 0.29) is 5.69 Å². The van der Waals surface area contributed by atoms with Gasteiger partial charge in [0.05, 0.1) is 12.2 Å². The average molecular weight is 273 g/mol. The molecule has 0 spiro atoms. The van der Waals surface area contributed by atoms with Crippen LogP contribution in [0.2, 0.25) is 0 Å². The van der Waals surface area contributed by atoms with Gasteiger partial charge < -0.3 is 9.13 Å². The zero-order chi connectivity index (χ0) is 14.3. The van der Waals surface area contributed by atoms with Crippen LogP contribution in [-0.4, -0.2) is 34.3 Å². The van der Waals surface area contributed by atoms with Gasteiger partial charge in [-0.1, -0.05) is 0 Å². The first-order chi connectivity index (χ1) is 9.56. The Morgan fingerprint density at radius 1 is 1.30 bits per heavy atom. The van der Waals surface area contributed by atoms with Gasteiger partial charge in [-0.3, -0.25) is 4.98 Å². The molecule has 2 N–H and O–H groups in total. The highest BCUT2D eigenvalue weighted by atomic mass is 16.1. The molecule has 0 aliphatic heterocycles. The van der Waals surface area contributed by atoms with Crippen LogP contribution < -0.4 is 5.69 Å². The first-order valence-corrected chi connectivity index (χ1v) is 6.21. The molecular weight excluding hydrogens is 258 g/mol. The Hall–Kier alpha value is -2.64. The Bertz CT molecular complexity index is 804. The first-order valence-electron chi connectivity index (χ1n) is 6.21. The van der Waals surface area contributed by atoms with Crippen LogP contribution in [0.5, 0.6) is 0 Å². The predicted octanol–water partition coefficient (Wildman–Crippen LogP) is 0.360. The minimum absolute atomic E-state index is 0.314. The molecule has 0 aromatic carbocycles. The SMILES string of the molecule is Cc1nc(-c2nccn2Cc2n[nH]c(=O)[nH]2)n(C)c1C. The van der Waals surface area contributed by atoms with Gasteiger partial charge in [0, 0.05) is 25.1 Å². The summed E-state index contributed by atoms with van der Waals surface area (Å²) in [6.07, 6.45) is 3.54. The maximum atomic E-state index is 11.1. The normalized spacial score (nSPS) is 11.2. The number of hydrogen-bond acceptors (Lipinski definition) is 4. The first kappa shape index (κ1) is 12.4. The number of H-pyrrole nitrogens is 2. The van der Waals surface area contributed by atoms with Crippen molar-refractivity contribution in [3.05, 3.63) is 40.1 Å². The van der Waals surface area contributed by atoms with E-state index in [1.54, 1.807) is 6.20 Å². The van der Waals surface area contributed by atoms with Gasteiger partial charge in [0.15, 0.2) is 17.5 Å². The molecule has 8 heteroatoms. The summed E-state index contributed by atoms with van der Waals surface area (Å²) in [5.41, 5.74) is 1.76. The van der Waals surface area contributed by atoms with Crippen molar-refractivity contribution in [2.24, 2.45) is 7.05 Å². The third-order valence-electron chi connectivity index (χ3n) is 3.40. The van der Waals surface area contributed by atoms with Gasteiger partial charge in [-0.05, 0) is 13.8 Å². The Balaban J connectivity index is 2.01. The lowest BCUT2D eigenvalue weighted by atomic mass is 10.4. The molecule has 0 fully saturated rings. The highest BCUT2D eigenvalue weighted by Crippen LogP contribution is 2.19. The molecule has 3 aromatic heterocycles. The largest absolute Gasteiger partial charge is 0.340 e. The minimum atomic E-state index is -0.314. The van der Waals surface area contributed by atoms with E-state index < -0.39 is 0 Å². The molecule has 20 heavy (non-hydrogen) atoms. The summed E-state index contributed by atoms with van der Waals surface area (Å²) in [6, 6.07) is 0. The van der Waals surface area contributed by atoms with Gasteiger partial charge in [-0.25, -0.2) is 19.9 Å². The van der Waals surface area contributed by atoms with E-state index in [0.717, 1.165) is 23.0 Å². The Kier molecular flexibility index (Phi) is 2.78. The lowest BCUT2D eigenvalue weighted by Crippen LogP contribution is -2.07. The van der Waals surface area contributed by atoms with E-state index in [1.165, 1.54) is 0 Å². The molecule has 0 aliphatic rings. The number of imidazole rings is 2. The van der Waals surface area contributed by atoms with Crippen molar-refractivity contribution in [1.29, 1.82) is 0 Å². The minimum Gasteiger partial charge on any atom is -0.329 e. The van der Waals surface area contributed by atoms with E-state index in [0.29, 0.717) is 12.4 Å². The van der Waals surface area contributed by atoms with Crippen molar-refractivity contribution in [2.75, 3.05) is 0 Å². The molecule has 8 nitrogen and oxygen atoms in total. The summed E-state index contributed by atoms with van der Waals surface area (Å²) in [5, 5.41) is 6.25. The quantitative estimate of drug-likeness (QED) is 0.720. The molecule has 0 bridgehead atoms. The fraction of sp³-hybridized carbons (Fsp3) is 0.333. The van der Waals surface area contributed by atoms with Crippen molar-refractivity contribution in [1.82, 2.24) is 34.3 Å². The lowest BCUT2D eigenvalue weighted by molar-refractivity contribution is 0.741. The molecule has 0 radical (unpaired) electrons. The number of nitrogens with zero attached hydrogens (tertiary/aromatic N) is 5. The van der Waals surface area contributed by atoms with Gasteiger partial charge in [-0.15, -0.1) is 0 Å². The van der Waals surface area contributed by atoms with Crippen molar-refractivity contribution < 1.29 is 0 Å². The summed E-state index contributed by atoms with van der Waals surface area (Å²) in [4.78, 5) is 22.6. The fourth-order valence-corrected chi connectivity index (χ4v) is 2.10. The van der Waals surface area contributed by atoms with E-state index in [4.69, 9.17) is 0 Å². The molecule has 0 atom stereocenters. The maximum Gasteiger partial charge on any atom is 0.340 e. The molecule has 0 unspecified atom stereocenters. The van der Waals surface area contributed by atoms with E-state index in [1.807, 2.05) is 36.2 Å². The van der Waals surface area contributed by atoms with Gasteiger partial charge in [0.1, 0.15) is 0 Å². The van der Waals surface area contributed by atoms with Crippen LogP contribution in [0.4, 0.5) is 0 Å². The number of nitrogens with one attached hydrogen (secondary N) is 2. The van der Waals surface area contributed by atoms with E-state index in [9.17, 15) is 4.79 Å². The highest BCUT2D eigenvalue weighted by Gasteiger charge is 2.15. The molecular formula is C12H15N7O. The molecule has 3 rings (SSSR count). The van der Waals surface area contributed by atoms with Crippen molar-refractivity contribution in [3.8, 4) is 11.6 Å². The van der Waals surface area contributed by atoms with Crippen molar-refractivity contribution in [3.63, 3.8) is 0 Å². The number of aromatic nitrogens is 7. The van der Waals surface area contributed by atoms with Crippen LogP contribution in [0.1, 0.15) is 17.2 Å². The molecule has 0 saturated heterocycles. The fourth-order valence-electron chi connectivity index (χ4n) is 2.10. The summed E-state index contributed by atoms with van der Waals surface area (Å²) >= 11 is 0. The molecule has 104 valence electrons. The van der Waals surface area contributed by atoms with E-state index in [2.05, 4.69) is 25.1 Å². The Morgan fingerprint density at radius 3 is 2.70 bits per heavy atom. The Morgan fingerprint density at radius 2 is 2.10 bits per heavy atom. The van der Waals surface area contributed by atoms with Crippen LogP contribution >= 0.6 is 0 Å². The summed E-state index contributed by atoms with van der Waals surface area (Å²) in [5.74, 6) is 2.09. The van der Waals surface area contributed by atoms with Crippen LogP contribution in [0.25, 0.3) is 11.6 Å². The van der Waals surface area contributed by atoms with Gasteiger partial charge in [0.25, 0.3) is 0 Å². The van der Waals surface area contributed by atoms with Crippen LogP contribution in [0.15, 0.2) is 17.2 Å². The third-order valence-corrected chi connectivity index (χ3v) is 3.40. The van der Waals surface area contributed by atoms with Gasteiger partial charge >= 0.3 is 5.69 Å². The monoisotopic (exact) mass is 273 g/mol. The zero-order valence-corrected chi connectivity index (χ0v) is 11.5. The van der Waals surface area contributed by atoms with Crippen molar-refractivity contribution >= 4 is 0 Å². The highest BCUT2D eigenvalue weighted by molar-refractivity contribution is 5.47. The van der Waals surface area contributed by atoms with Crippen LogP contribution in [0, 0.1) is 13.8 Å². The number of rotatable bonds is 3. The molecule has 3 heterocycles. The standard InChI is InChI=1S/C12H15N7O/c1-7-8(2)18(3)11(14-7)10-13-4-5-19(10)6-9-15-12(20)17-16-9/h4-5H,6H2,1-3H3,(H2,15,16,17,20). The average Bonchev–Trinajstić information content (AvgIpc) is 3.08. The summed E-state index contributed by atoms with van der Waals surface area (Å²) in [7, 11) is 1.96. The lowest BCUT2D eigenvalue weighted by Gasteiger charge is -2.06.